The van der Waals surface area contributed by atoms with Crippen LogP contribution in [0.3, 0.4) is 0 Å². The molecule has 0 aliphatic heterocycles. The van der Waals surface area contributed by atoms with E-state index in [-0.39, 0.29) is 11.3 Å². The van der Waals surface area contributed by atoms with E-state index in [1.807, 2.05) is 24.3 Å². The minimum atomic E-state index is -0.424. The second-order valence-corrected chi connectivity index (χ2v) is 6.22. The lowest BCUT2D eigenvalue weighted by molar-refractivity contribution is 0.104. The van der Waals surface area contributed by atoms with E-state index < -0.39 is 6.10 Å². The third kappa shape index (κ3) is 2.61. The average Bonchev–Trinajstić information content (AvgIpc) is 3.31. The van der Waals surface area contributed by atoms with E-state index in [0.29, 0.717) is 6.54 Å². The summed E-state index contributed by atoms with van der Waals surface area (Å²) in [5, 5.41) is 11.0. The Hall–Kier alpha value is -1.64. The quantitative estimate of drug-likeness (QED) is 0.884. The van der Waals surface area contributed by atoms with Crippen molar-refractivity contribution in [2.24, 2.45) is 5.73 Å². The van der Waals surface area contributed by atoms with Crippen LogP contribution in [-0.2, 0) is 5.41 Å². The van der Waals surface area contributed by atoms with E-state index in [4.69, 9.17) is 5.73 Å². The van der Waals surface area contributed by atoms with Crippen molar-refractivity contribution < 1.29 is 5.11 Å². The van der Waals surface area contributed by atoms with Crippen LogP contribution < -0.4 is 5.73 Å². The Bertz CT molecular complexity index is 604. The molecule has 0 radical (unpaired) electrons. The second-order valence-electron chi connectivity index (χ2n) is 6.22. The van der Waals surface area contributed by atoms with Gasteiger partial charge in [0.1, 0.15) is 0 Å². The van der Waals surface area contributed by atoms with Crippen molar-refractivity contribution in [3.63, 3.8) is 0 Å². The van der Waals surface area contributed by atoms with Crippen LogP contribution in [0.1, 0.15) is 35.4 Å². The molecule has 1 aliphatic rings. The molecule has 0 spiro atoms. The summed E-state index contributed by atoms with van der Waals surface area (Å²) in [5.74, 6) is -0.00685. The number of hydrogen-bond donors (Lipinski definition) is 2. The van der Waals surface area contributed by atoms with Gasteiger partial charge < -0.3 is 10.8 Å². The Labute approximate surface area is 126 Å². The fourth-order valence-electron chi connectivity index (χ4n) is 3.39. The van der Waals surface area contributed by atoms with E-state index in [1.165, 1.54) is 11.1 Å². The number of nitrogens with two attached hydrogens (primary N) is 1. The van der Waals surface area contributed by atoms with Gasteiger partial charge in [-0.25, -0.2) is 0 Å². The lowest BCUT2D eigenvalue weighted by Gasteiger charge is -2.30. The van der Waals surface area contributed by atoms with Crippen LogP contribution in [-0.4, -0.2) is 17.8 Å². The van der Waals surface area contributed by atoms with Gasteiger partial charge in [0.05, 0.1) is 6.10 Å². The molecule has 3 rings (SSSR count). The summed E-state index contributed by atoms with van der Waals surface area (Å²) in [6, 6.07) is 18.7. The van der Waals surface area contributed by atoms with Gasteiger partial charge in [-0.05, 0) is 30.9 Å². The first-order chi connectivity index (χ1) is 10.2. The third-order valence-electron chi connectivity index (χ3n) is 4.81. The summed E-state index contributed by atoms with van der Waals surface area (Å²) in [6.45, 7) is 2.55. The molecular formula is C19H23NO. The van der Waals surface area contributed by atoms with E-state index in [2.05, 4.69) is 37.3 Å². The molecule has 0 amide bonds. The monoisotopic (exact) mass is 281 g/mol. The molecule has 110 valence electrons. The zero-order chi connectivity index (χ0) is 14.9. The molecule has 0 aromatic heterocycles. The van der Waals surface area contributed by atoms with Crippen molar-refractivity contribution in [3.05, 3.63) is 71.3 Å². The highest BCUT2D eigenvalue weighted by Gasteiger charge is 2.52. The number of aliphatic hydroxyl groups is 1. The highest BCUT2D eigenvalue weighted by Crippen LogP contribution is 2.53. The lowest BCUT2D eigenvalue weighted by Crippen LogP contribution is -2.36. The van der Waals surface area contributed by atoms with Gasteiger partial charge in [-0.1, -0.05) is 60.2 Å². The molecule has 1 fully saturated rings. The van der Waals surface area contributed by atoms with Crippen LogP contribution in [0.15, 0.2) is 54.6 Å². The largest absolute Gasteiger partial charge is 0.392 e. The number of rotatable bonds is 5. The van der Waals surface area contributed by atoms with E-state index >= 15 is 0 Å². The summed E-state index contributed by atoms with van der Waals surface area (Å²) in [5.41, 5.74) is 9.49. The van der Waals surface area contributed by atoms with Crippen LogP contribution in [0, 0.1) is 6.92 Å². The van der Waals surface area contributed by atoms with Crippen molar-refractivity contribution in [1.82, 2.24) is 0 Å². The number of aliphatic hydroxyl groups excluding tert-OH is 1. The number of benzene rings is 2. The lowest BCUT2D eigenvalue weighted by atomic mass is 9.79. The molecule has 2 aromatic carbocycles. The maximum absolute atomic E-state index is 11.0. The molecule has 2 atom stereocenters. The Kier molecular flexibility index (Phi) is 3.83. The van der Waals surface area contributed by atoms with Gasteiger partial charge in [-0.3, -0.25) is 0 Å². The Morgan fingerprint density at radius 1 is 1.10 bits per heavy atom. The van der Waals surface area contributed by atoms with Crippen LogP contribution in [0.25, 0.3) is 0 Å². The molecule has 2 aromatic rings. The second kappa shape index (κ2) is 5.63. The SMILES string of the molecule is Cc1cccc(C(CN)C(O)C2(c3ccccc3)CC2)c1. The van der Waals surface area contributed by atoms with Gasteiger partial charge in [0.2, 0.25) is 0 Å². The average molecular weight is 281 g/mol. The normalized spacial score (nSPS) is 19.0. The minimum Gasteiger partial charge on any atom is -0.392 e. The number of hydrogen-bond acceptors (Lipinski definition) is 2. The summed E-state index contributed by atoms with van der Waals surface area (Å²) < 4.78 is 0. The highest BCUT2D eigenvalue weighted by atomic mass is 16.3. The fourth-order valence-corrected chi connectivity index (χ4v) is 3.39. The topological polar surface area (TPSA) is 46.2 Å². The van der Waals surface area contributed by atoms with E-state index in [9.17, 15) is 5.11 Å². The molecule has 1 aliphatic carbocycles. The minimum absolute atomic E-state index is 0.00685. The summed E-state index contributed by atoms with van der Waals surface area (Å²) in [7, 11) is 0. The van der Waals surface area contributed by atoms with Crippen LogP contribution in [0.4, 0.5) is 0 Å². The summed E-state index contributed by atoms with van der Waals surface area (Å²) in [4.78, 5) is 0. The molecule has 1 saturated carbocycles. The van der Waals surface area contributed by atoms with Crippen LogP contribution in [0.2, 0.25) is 0 Å². The standard InChI is InChI=1S/C19H23NO/c1-14-6-5-7-15(12-14)17(13-20)18(21)19(10-11-19)16-8-3-2-4-9-16/h2-9,12,17-18,21H,10-11,13,20H2,1H3. The maximum Gasteiger partial charge on any atom is 0.0717 e. The van der Waals surface area contributed by atoms with Crippen LogP contribution >= 0.6 is 0 Å². The summed E-state index contributed by atoms with van der Waals surface area (Å²) in [6.07, 6.45) is 1.66. The molecule has 2 nitrogen and oxygen atoms in total. The Morgan fingerprint density at radius 3 is 2.38 bits per heavy atom. The van der Waals surface area contributed by atoms with Crippen molar-refractivity contribution in [3.8, 4) is 0 Å². The maximum atomic E-state index is 11.0. The first-order valence-corrected chi connectivity index (χ1v) is 7.67. The first kappa shape index (κ1) is 14.3. The zero-order valence-corrected chi connectivity index (χ0v) is 12.5. The highest BCUT2D eigenvalue weighted by molar-refractivity contribution is 5.36. The smallest absolute Gasteiger partial charge is 0.0717 e. The molecule has 0 bridgehead atoms. The van der Waals surface area contributed by atoms with E-state index in [0.717, 1.165) is 18.4 Å². The fraction of sp³-hybridized carbons (Fsp3) is 0.368. The molecule has 2 heteroatoms. The van der Waals surface area contributed by atoms with Crippen molar-refractivity contribution in [2.45, 2.75) is 37.2 Å². The Balaban J connectivity index is 1.91. The van der Waals surface area contributed by atoms with Crippen molar-refractivity contribution >= 4 is 0 Å². The predicted octanol–water partition coefficient (Wildman–Crippen LogP) is 3.13. The van der Waals surface area contributed by atoms with Gasteiger partial charge in [0, 0.05) is 17.9 Å². The van der Waals surface area contributed by atoms with Crippen LogP contribution in [0.5, 0.6) is 0 Å². The van der Waals surface area contributed by atoms with Gasteiger partial charge in [0.15, 0.2) is 0 Å². The van der Waals surface area contributed by atoms with E-state index in [1.54, 1.807) is 0 Å². The van der Waals surface area contributed by atoms with Gasteiger partial charge in [0.25, 0.3) is 0 Å². The van der Waals surface area contributed by atoms with Gasteiger partial charge in [-0.2, -0.15) is 0 Å². The van der Waals surface area contributed by atoms with Crippen molar-refractivity contribution in [2.75, 3.05) is 6.54 Å². The van der Waals surface area contributed by atoms with Crippen molar-refractivity contribution in [1.29, 1.82) is 0 Å². The number of aryl methyl sites for hydroxylation is 1. The Morgan fingerprint density at radius 2 is 1.81 bits per heavy atom. The molecule has 2 unspecified atom stereocenters. The summed E-state index contributed by atoms with van der Waals surface area (Å²) >= 11 is 0. The predicted molar refractivity (Wildman–Crippen MR) is 86.3 cm³/mol. The van der Waals surface area contributed by atoms with Gasteiger partial charge in [-0.15, -0.1) is 0 Å². The molecule has 3 N–H and O–H groups in total. The molecular weight excluding hydrogens is 258 g/mol. The third-order valence-corrected chi connectivity index (χ3v) is 4.81. The molecule has 0 heterocycles. The zero-order valence-electron chi connectivity index (χ0n) is 12.5. The molecule has 0 saturated heterocycles. The van der Waals surface area contributed by atoms with Gasteiger partial charge >= 0.3 is 0 Å². The first-order valence-electron chi connectivity index (χ1n) is 7.67. The molecule has 21 heavy (non-hydrogen) atoms.